The van der Waals surface area contributed by atoms with Crippen LogP contribution >= 0.6 is 0 Å². The van der Waals surface area contributed by atoms with Gasteiger partial charge in [-0.25, -0.2) is 0 Å². The van der Waals surface area contributed by atoms with Crippen molar-refractivity contribution in [3.8, 4) is 0 Å². The van der Waals surface area contributed by atoms with Gasteiger partial charge in [0.2, 0.25) is 0 Å². The summed E-state index contributed by atoms with van der Waals surface area (Å²) in [7, 11) is -2.18. The van der Waals surface area contributed by atoms with Gasteiger partial charge >= 0.3 is 5.97 Å². The first-order valence-corrected chi connectivity index (χ1v) is 14.0. The van der Waals surface area contributed by atoms with E-state index in [1.165, 1.54) is 0 Å². The average molecular weight is 443 g/mol. The Balaban J connectivity index is 5.63. The minimum atomic E-state index is -2.18. The molecule has 0 aliphatic carbocycles. The monoisotopic (exact) mass is 442 g/mol. The molecule has 0 saturated heterocycles. The Kier molecular flexibility index (Phi) is 9.73. The highest BCUT2D eigenvalue weighted by Crippen LogP contribution is 2.41. The van der Waals surface area contributed by atoms with E-state index in [0.717, 1.165) is 6.29 Å². The maximum atomic E-state index is 13.5. The Morgan fingerprint density at radius 2 is 1.40 bits per heavy atom. The van der Waals surface area contributed by atoms with Crippen LogP contribution in [-0.4, -0.2) is 38.1 Å². The maximum absolute atomic E-state index is 13.5. The summed E-state index contributed by atoms with van der Waals surface area (Å²) in [4.78, 5) is 37.5. The van der Waals surface area contributed by atoms with Crippen molar-refractivity contribution in [2.24, 2.45) is 23.2 Å². The van der Waals surface area contributed by atoms with Crippen LogP contribution in [0.25, 0.3) is 0 Å². The predicted octanol–water partition coefficient (Wildman–Crippen LogP) is 5.81. The van der Waals surface area contributed by atoms with Gasteiger partial charge in [0.15, 0.2) is 8.32 Å². The van der Waals surface area contributed by atoms with Gasteiger partial charge in [0.1, 0.15) is 17.7 Å². The highest BCUT2D eigenvalue weighted by atomic mass is 28.4. The molecule has 0 radical (unpaired) electrons. The molecule has 0 unspecified atom stereocenters. The summed E-state index contributed by atoms with van der Waals surface area (Å²) in [5.41, 5.74) is -1.31. The summed E-state index contributed by atoms with van der Waals surface area (Å²) in [5.74, 6) is -1.36. The van der Waals surface area contributed by atoms with Crippen LogP contribution in [0.3, 0.4) is 0 Å². The summed E-state index contributed by atoms with van der Waals surface area (Å²) >= 11 is 0. The Bertz CT molecular complexity index is 610. The van der Waals surface area contributed by atoms with Crippen LogP contribution in [0.4, 0.5) is 0 Å². The molecule has 4 atom stereocenters. The Hall–Kier alpha value is -1.01. The zero-order valence-electron chi connectivity index (χ0n) is 21.6. The van der Waals surface area contributed by atoms with E-state index in [2.05, 4.69) is 33.9 Å². The number of carbonyl (C=O) groups is 3. The fraction of sp³-hybridized carbons (Fsp3) is 0.875. The van der Waals surface area contributed by atoms with Crippen LogP contribution < -0.4 is 0 Å². The lowest BCUT2D eigenvalue weighted by Crippen LogP contribution is -2.51. The van der Waals surface area contributed by atoms with Gasteiger partial charge in [-0.05, 0) is 44.8 Å². The molecule has 0 N–H and O–H groups in total. The number of hydrogen-bond acceptors (Lipinski definition) is 5. The molecule has 0 heterocycles. The quantitative estimate of drug-likeness (QED) is 0.242. The van der Waals surface area contributed by atoms with E-state index in [4.69, 9.17) is 9.16 Å². The minimum absolute atomic E-state index is 0.0102. The first-order chi connectivity index (χ1) is 13.2. The van der Waals surface area contributed by atoms with Crippen molar-refractivity contribution in [1.29, 1.82) is 0 Å². The number of aldehydes is 1. The van der Waals surface area contributed by atoms with Crippen molar-refractivity contribution in [3.63, 3.8) is 0 Å². The maximum Gasteiger partial charge on any atom is 0.306 e. The Morgan fingerprint density at radius 3 is 1.77 bits per heavy atom. The summed E-state index contributed by atoms with van der Waals surface area (Å²) < 4.78 is 12.0. The van der Waals surface area contributed by atoms with E-state index in [-0.39, 0.29) is 29.1 Å². The van der Waals surface area contributed by atoms with Crippen LogP contribution in [0, 0.1) is 23.2 Å². The summed E-state index contributed by atoms with van der Waals surface area (Å²) in [6, 6.07) is 0. The molecule has 0 amide bonds. The van der Waals surface area contributed by atoms with E-state index in [0.29, 0.717) is 0 Å². The van der Waals surface area contributed by atoms with Gasteiger partial charge in [0.05, 0.1) is 6.10 Å². The normalized spacial score (nSPS) is 17.6. The number of hydrogen-bond donors (Lipinski definition) is 0. The zero-order chi connectivity index (χ0) is 24.3. The molecule has 0 rings (SSSR count). The van der Waals surface area contributed by atoms with Crippen LogP contribution in [0.2, 0.25) is 18.1 Å². The third-order valence-electron chi connectivity index (χ3n) is 6.64. The van der Waals surface area contributed by atoms with Gasteiger partial charge in [-0.3, -0.25) is 9.59 Å². The molecular formula is C24H46O5Si. The summed E-state index contributed by atoms with van der Waals surface area (Å²) in [6.45, 7) is 25.5. The summed E-state index contributed by atoms with van der Waals surface area (Å²) in [5, 5.41) is -0.0316. The number of ketones is 1. The van der Waals surface area contributed by atoms with Crippen molar-refractivity contribution in [3.05, 3.63) is 0 Å². The van der Waals surface area contributed by atoms with Crippen LogP contribution in [0.15, 0.2) is 0 Å². The molecular weight excluding hydrogens is 396 g/mol. The standard InChI is InChI=1S/C24H46O5Si/c1-16(15-25)20(29-30(12,13)23(7,8)9)18(3)21(27)24(10,11)17(2)14-19(26)28-22(4,5)6/h15-18,20H,14H2,1-13H3/t16-,17-,18+,20-/m0/s1. The van der Waals surface area contributed by atoms with E-state index in [1.54, 1.807) is 0 Å². The molecule has 6 heteroatoms. The van der Waals surface area contributed by atoms with Crippen LogP contribution in [0.1, 0.15) is 82.6 Å². The lowest BCUT2D eigenvalue weighted by atomic mass is 9.69. The van der Waals surface area contributed by atoms with Gasteiger partial charge in [0.25, 0.3) is 0 Å². The number of ether oxygens (including phenoxy) is 1. The average Bonchev–Trinajstić information content (AvgIpc) is 2.54. The number of rotatable bonds is 10. The van der Waals surface area contributed by atoms with Crippen LogP contribution in [-0.2, 0) is 23.5 Å². The second kappa shape index (κ2) is 10.1. The molecule has 0 bridgehead atoms. The predicted molar refractivity (Wildman–Crippen MR) is 125 cm³/mol. The lowest BCUT2D eigenvalue weighted by molar-refractivity contribution is -0.157. The molecule has 0 aromatic rings. The third kappa shape index (κ3) is 7.91. The van der Waals surface area contributed by atoms with E-state index < -0.39 is 37.3 Å². The Morgan fingerprint density at radius 1 is 0.933 bits per heavy atom. The first kappa shape index (κ1) is 29.0. The molecule has 0 aliphatic rings. The fourth-order valence-electron chi connectivity index (χ4n) is 3.13. The van der Waals surface area contributed by atoms with E-state index >= 15 is 0 Å². The molecule has 0 aromatic heterocycles. The number of Topliss-reactive ketones (excluding diaryl/α,β-unsaturated/α-hetero) is 1. The van der Waals surface area contributed by atoms with Gasteiger partial charge in [-0.1, -0.05) is 55.4 Å². The molecule has 5 nitrogen and oxygen atoms in total. The van der Waals surface area contributed by atoms with Crippen molar-refractivity contribution in [1.82, 2.24) is 0 Å². The van der Waals surface area contributed by atoms with Gasteiger partial charge in [-0.15, -0.1) is 0 Å². The van der Waals surface area contributed by atoms with E-state index in [1.807, 2.05) is 55.4 Å². The lowest BCUT2D eigenvalue weighted by Gasteiger charge is -2.43. The van der Waals surface area contributed by atoms with Crippen molar-refractivity contribution >= 4 is 26.4 Å². The second-order valence-corrected chi connectivity index (χ2v) is 16.7. The zero-order valence-corrected chi connectivity index (χ0v) is 22.6. The largest absolute Gasteiger partial charge is 0.460 e. The number of esters is 1. The highest BCUT2D eigenvalue weighted by molar-refractivity contribution is 6.74. The fourth-order valence-corrected chi connectivity index (χ4v) is 4.58. The highest BCUT2D eigenvalue weighted by Gasteiger charge is 2.46. The van der Waals surface area contributed by atoms with Gasteiger partial charge in [0, 0.05) is 23.7 Å². The minimum Gasteiger partial charge on any atom is -0.460 e. The van der Waals surface area contributed by atoms with Crippen LogP contribution in [0.5, 0.6) is 0 Å². The summed E-state index contributed by atoms with van der Waals surface area (Å²) in [6.07, 6.45) is 0.558. The molecule has 0 saturated carbocycles. The SMILES string of the molecule is C[C@@H](C=O)[C@H](O[Si](C)(C)C(C)(C)C)[C@@H](C)C(=O)C(C)(C)[C@@H](C)CC(=O)OC(C)(C)C. The topological polar surface area (TPSA) is 69.7 Å². The van der Waals surface area contributed by atoms with Crippen molar-refractivity contribution in [2.75, 3.05) is 0 Å². The molecule has 0 spiro atoms. The molecule has 30 heavy (non-hydrogen) atoms. The number of carbonyl (C=O) groups excluding carboxylic acids is 3. The second-order valence-electron chi connectivity index (χ2n) is 11.9. The third-order valence-corrected chi connectivity index (χ3v) is 11.1. The van der Waals surface area contributed by atoms with Crippen molar-refractivity contribution in [2.45, 2.75) is 112 Å². The Labute approximate surface area is 185 Å². The smallest absolute Gasteiger partial charge is 0.306 e. The first-order valence-electron chi connectivity index (χ1n) is 11.1. The van der Waals surface area contributed by atoms with Gasteiger partial charge in [-0.2, -0.15) is 0 Å². The van der Waals surface area contributed by atoms with Crippen molar-refractivity contribution < 1.29 is 23.5 Å². The van der Waals surface area contributed by atoms with E-state index in [9.17, 15) is 14.4 Å². The molecule has 176 valence electrons. The molecule has 0 aromatic carbocycles. The molecule has 0 aliphatic heterocycles. The molecule has 0 fully saturated rings. The van der Waals surface area contributed by atoms with Gasteiger partial charge < -0.3 is 14.0 Å².